The van der Waals surface area contributed by atoms with Gasteiger partial charge in [0.05, 0.1) is 12.8 Å². The van der Waals surface area contributed by atoms with Crippen LogP contribution in [-0.4, -0.2) is 32.1 Å². The lowest BCUT2D eigenvalue weighted by Gasteiger charge is -2.34. The van der Waals surface area contributed by atoms with E-state index in [4.69, 9.17) is 10.5 Å². The third-order valence-electron chi connectivity index (χ3n) is 3.48. The van der Waals surface area contributed by atoms with E-state index in [9.17, 15) is 4.79 Å². The number of carbonyl (C=O) groups is 1. The lowest BCUT2D eigenvalue weighted by Crippen LogP contribution is -2.44. The highest BCUT2D eigenvalue weighted by Gasteiger charge is 2.20. The van der Waals surface area contributed by atoms with Gasteiger partial charge in [-0.05, 0) is 25.0 Å². The van der Waals surface area contributed by atoms with Crippen molar-refractivity contribution in [1.82, 2.24) is 5.32 Å². The molecule has 5 heteroatoms. The van der Waals surface area contributed by atoms with Gasteiger partial charge in [-0.2, -0.15) is 0 Å². The molecule has 19 heavy (non-hydrogen) atoms. The zero-order valence-corrected chi connectivity index (χ0v) is 11.5. The van der Waals surface area contributed by atoms with E-state index < -0.39 is 0 Å². The molecule has 0 radical (unpaired) electrons. The summed E-state index contributed by atoms with van der Waals surface area (Å²) in [5.74, 6) is 0.758. The number of hydrogen-bond acceptors (Lipinski definition) is 4. The number of benzene rings is 1. The third kappa shape index (κ3) is 3.30. The minimum absolute atomic E-state index is 0.0487. The highest BCUT2D eigenvalue weighted by atomic mass is 16.5. The predicted molar refractivity (Wildman–Crippen MR) is 76.5 cm³/mol. The molecule has 0 saturated carbocycles. The van der Waals surface area contributed by atoms with Crippen LogP contribution in [0.25, 0.3) is 0 Å². The summed E-state index contributed by atoms with van der Waals surface area (Å²) in [7, 11) is 1.62. The Kier molecular flexibility index (Phi) is 4.14. The molecule has 1 aromatic carbocycles. The van der Waals surface area contributed by atoms with E-state index in [0.717, 1.165) is 31.6 Å². The number of anilines is 2. The number of ether oxygens (including phenoxy) is 1. The van der Waals surface area contributed by atoms with Crippen molar-refractivity contribution in [2.45, 2.75) is 25.8 Å². The second-order valence-corrected chi connectivity index (χ2v) is 4.89. The molecule has 0 aromatic heterocycles. The second-order valence-electron chi connectivity index (χ2n) is 4.89. The summed E-state index contributed by atoms with van der Waals surface area (Å²) in [4.78, 5) is 13.3. The highest BCUT2D eigenvalue weighted by molar-refractivity contribution is 5.73. The van der Waals surface area contributed by atoms with Crippen LogP contribution in [0.5, 0.6) is 5.75 Å². The number of nitrogens with two attached hydrogens (primary N) is 1. The molecule has 1 heterocycles. The normalized spacial score (nSPS) is 16.2. The topological polar surface area (TPSA) is 67.6 Å². The van der Waals surface area contributed by atoms with Gasteiger partial charge in [-0.25, -0.2) is 0 Å². The van der Waals surface area contributed by atoms with Gasteiger partial charge in [-0.1, -0.05) is 0 Å². The molecule has 2 rings (SSSR count). The van der Waals surface area contributed by atoms with E-state index in [1.54, 1.807) is 14.0 Å². The van der Waals surface area contributed by atoms with E-state index in [1.165, 1.54) is 0 Å². The Bertz CT molecular complexity index is 454. The standard InChI is InChI=1S/C14H21N3O2/c1-10(18)16-11-5-7-17(8-6-11)12-3-4-13(15)14(9-12)19-2/h3-4,9,11H,5-8,15H2,1-2H3,(H,16,18). The summed E-state index contributed by atoms with van der Waals surface area (Å²) in [6, 6.07) is 6.14. The maximum Gasteiger partial charge on any atom is 0.217 e. The molecule has 0 unspecified atom stereocenters. The second kappa shape index (κ2) is 5.82. The molecular weight excluding hydrogens is 242 g/mol. The predicted octanol–water partition coefficient (Wildman–Crippen LogP) is 1.38. The average Bonchev–Trinajstić information content (AvgIpc) is 2.40. The molecule has 5 nitrogen and oxygen atoms in total. The van der Waals surface area contributed by atoms with Crippen LogP contribution in [0.1, 0.15) is 19.8 Å². The highest BCUT2D eigenvalue weighted by Crippen LogP contribution is 2.29. The van der Waals surface area contributed by atoms with E-state index in [2.05, 4.69) is 10.2 Å². The molecule has 1 aliphatic heterocycles. The number of rotatable bonds is 3. The number of nitrogens with one attached hydrogen (secondary N) is 1. The molecular formula is C14H21N3O2. The average molecular weight is 263 g/mol. The van der Waals surface area contributed by atoms with Crippen LogP contribution < -0.4 is 20.7 Å². The molecule has 1 aliphatic rings. The van der Waals surface area contributed by atoms with E-state index in [1.807, 2.05) is 18.2 Å². The first-order valence-corrected chi connectivity index (χ1v) is 6.55. The number of amides is 1. The van der Waals surface area contributed by atoms with E-state index in [-0.39, 0.29) is 5.91 Å². The van der Waals surface area contributed by atoms with Crippen LogP contribution in [-0.2, 0) is 4.79 Å². The lowest BCUT2D eigenvalue weighted by molar-refractivity contribution is -0.119. The number of nitrogens with zero attached hydrogens (tertiary/aromatic N) is 1. The van der Waals surface area contributed by atoms with Crippen molar-refractivity contribution in [3.63, 3.8) is 0 Å². The summed E-state index contributed by atoms with van der Waals surface area (Å²) in [6.07, 6.45) is 1.93. The summed E-state index contributed by atoms with van der Waals surface area (Å²) < 4.78 is 5.24. The van der Waals surface area contributed by atoms with Crippen molar-refractivity contribution in [1.29, 1.82) is 0 Å². The smallest absolute Gasteiger partial charge is 0.217 e. The minimum atomic E-state index is 0.0487. The fourth-order valence-electron chi connectivity index (χ4n) is 2.47. The van der Waals surface area contributed by atoms with Crippen molar-refractivity contribution >= 4 is 17.3 Å². The monoisotopic (exact) mass is 263 g/mol. The van der Waals surface area contributed by atoms with Crippen LogP contribution in [0.3, 0.4) is 0 Å². The van der Waals surface area contributed by atoms with E-state index in [0.29, 0.717) is 17.5 Å². The molecule has 1 fully saturated rings. The number of methoxy groups -OCH3 is 1. The van der Waals surface area contributed by atoms with Crippen molar-refractivity contribution in [3.8, 4) is 5.75 Å². The van der Waals surface area contributed by atoms with Crippen molar-refractivity contribution in [2.24, 2.45) is 0 Å². The molecule has 1 saturated heterocycles. The van der Waals surface area contributed by atoms with E-state index >= 15 is 0 Å². The quantitative estimate of drug-likeness (QED) is 0.809. The molecule has 0 bridgehead atoms. The summed E-state index contributed by atoms with van der Waals surface area (Å²) in [5.41, 5.74) is 7.59. The number of carbonyl (C=O) groups excluding carboxylic acids is 1. The molecule has 3 N–H and O–H groups in total. The zero-order chi connectivity index (χ0) is 13.8. The number of hydrogen-bond donors (Lipinski definition) is 2. The fraction of sp³-hybridized carbons (Fsp3) is 0.500. The Labute approximate surface area is 113 Å². The van der Waals surface area contributed by atoms with Gasteiger partial charge in [-0.3, -0.25) is 4.79 Å². The molecule has 0 atom stereocenters. The molecule has 1 aromatic rings. The van der Waals surface area contributed by atoms with Crippen molar-refractivity contribution in [3.05, 3.63) is 18.2 Å². The van der Waals surface area contributed by atoms with Gasteiger partial charge >= 0.3 is 0 Å². The van der Waals surface area contributed by atoms with Gasteiger partial charge < -0.3 is 20.7 Å². The third-order valence-corrected chi connectivity index (χ3v) is 3.48. The van der Waals surface area contributed by atoms with Crippen LogP contribution in [0.2, 0.25) is 0 Å². The summed E-state index contributed by atoms with van der Waals surface area (Å²) >= 11 is 0. The molecule has 1 amide bonds. The maximum atomic E-state index is 11.0. The van der Waals surface area contributed by atoms with Crippen molar-refractivity contribution in [2.75, 3.05) is 30.8 Å². The zero-order valence-electron chi connectivity index (χ0n) is 11.5. The maximum absolute atomic E-state index is 11.0. The molecule has 0 spiro atoms. The van der Waals surface area contributed by atoms with Gasteiger partial charge in [-0.15, -0.1) is 0 Å². The van der Waals surface area contributed by atoms with Crippen LogP contribution >= 0.6 is 0 Å². The minimum Gasteiger partial charge on any atom is -0.495 e. The largest absolute Gasteiger partial charge is 0.495 e. The van der Waals surface area contributed by atoms with Crippen LogP contribution in [0.4, 0.5) is 11.4 Å². The van der Waals surface area contributed by atoms with Gasteiger partial charge in [0.2, 0.25) is 5.91 Å². The number of nitrogen functional groups attached to an aromatic ring is 1. The van der Waals surface area contributed by atoms with Gasteiger partial charge in [0.15, 0.2) is 0 Å². The molecule has 0 aliphatic carbocycles. The Balaban J connectivity index is 1.99. The SMILES string of the molecule is COc1cc(N2CCC(NC(C)=O)CC2)ccc1N. The Hall–Kier alpha value is -1.91. The summed E-state index contributed by atoms with van der Waals surface area (Å²) in [5, 5.41) is 2.98. The first kappa shape index (κ1) is 13.5. The number of piperidine rings is 1. The summed E-state index contributed by atoms with van der Waals surface area (Å²) in [6.45, 7) is 3.42. The van der Waals surface area contributed by atoms with Gasteiger partial charge in [0.1, 0.15) is 5.75 Å². The Morgan fingerprint density at radius 3 is 2.68 bits per heavy atom. The van der Waals surface area contributed by atoms with Gasteiger partial charge in [0, 0.05) is 37.8 Å². The van der Waals surface area contributed by atoms with Crippen LogP contribution in [0, 0.1) is 0 Å². The lowest BCUT2D eigenvalue weighted by atomic mass is 10.0. The molecule has 104 valence electrons. The van der Waals surface area contributed by atoms with Crippen molar-refractivity contribution < 1.29 is 9.53 Å². The first-order valence-electron chi connectivity index (χ1n) is 6.55. The fourth-order valence-corrected chi connectivity index (χ4v) is 2.47. The Morgan fingerprint density at radius 1 is 1.42 bits per heavy atom. The van der Waals surface area contributed by atoms with Crippen LogP contribution in [0.15, 0.2) is 18.2 Å². The van der Waals surface area contributed by atoms with Gasteiger partial charge in [0.25, 0.3) is 0 Å². The first-order chi connectivity index (χ1) is 9.10. The Morgan fingerprint density at radius 2 is 2.11 bits per heavy atom.